The fourth-order valence-electron chi connectivity index (χ4n) is 4.94. The summed E-state index contributed by atoms with van der Waals surface area (Å²) in [5, 5.41) is 17.5. The molecule has 6 heteroatoms. The Morgan fingerprint density at radius 2 is 1.91 bits per heavy atom. The van der Waals surface area contributed by atoms with Gasteiger partial charge in [-0.25, -0.2) is 0 Å². The topological polar surface area (TPSA) is 84.6 Å². The predicted molar refractivity (Wildman–Crippen MR) is 121 cm³/mol. The Kier molecular flexibility index (Phi) is 5.00. The third-order valence-electron chi connectivity index (χ3n) is 6.65. The molecule has 1 aliphatic carbocycles. The van der Waals surface area contributed by atoms with Crippen LogP contribution in [-0.4, -0.2) is 23.2 Å². The van der Waals surface area contributed by atoms with Crippen molar-refractivity contribution in [1.29, 1.82) is 0 Å². The average Bonchev–Trinajstić information content (AvgIpc) is 3.18. The van der Waals surface area contributed by atoms with Crippen molar-refractivity contribution >= 4 is 11.7 Å². The first-order valence-electron chi connectivity index (χ1n) is 10.9. The Balaban J connectivity index is 1.58. The fourth-order valence-corrected chi connectivity index (χ4v) is 4.94. The molecule has 0 fully saturated rings. The van der Waals surface area contributed by atoms with Gasteiger partial charge in [-0.2, -0.15) is 0 Å². The summed E-state index contributed by atoms with van der Waals surface area (Å²) >= 11 is 0. The van der Waals surface area contributed by atoms with Gasteiger partial charge in [-0.3, -0.25) is 4.79 Å². The van der Waals surface area contributed by atoms with Gasteiger partial charge in [0.2, 0.25) is 5.88 Å². The Morgan fingerprint density at radius 1 is 1.16 bits per heavy atom. The number of aryl methyl sites for hydroxylation is 2. The minimum absolute atomic E-state index is 0.0167. The van der Waals surface area contributed by atoms with Crippen LogP contribution < -0.4 is 10.1 Å². The molecular weight excluding hydrogens is 404 g/mol. The number of rotatable bonds is 4. The number of anilines is 1. The maximum atomic E-state index is 13.6. The van der Waals surface area contributed by atoms with Crippen LogP contribution >= 0.6 is 0 Å². The molecule has 0 unspecified atom stereocenters. The van der Waals surface area contributed by atoms with Crippen molar-refractivity contribution < 1.29 is 19.2 Å². The van der Waals surface area contributed by atoms with Gasteiger partial charge in [0.05, 0.1) is 18.4 Å². The highest BCUT2D eigenvalue weighted by Crippen LogP contribution is 2.49. The third-order valence-corrected chi connectivity index (χ3v) is 6.65. The van der Waals surface area contributed by atoms with Crippen LogP contribution in [-0.2, 0) is 11.2 Å². The van der Waals surface area contributed by atoms with Crippen LogP contribution in [0.15, 0.2) is 58.3 Å². The van der Waals surface area contributed by atoms with Crippen LogP contribution in [0.25, 0.3) is 0 Å². The highest BCUT2D eigenvalue weighted by Gasteiger charge is 2.41. The number of carbonyl (C=O) groups excluding carboxylic acids is 1. The lowest BCUT2D eigenvalue weighted by molar-refractivity contribution is -0.116. The molecule has 0 amide bonds. The van der Waals surface area contributed by atoms with Crippen molar-refractivity contribution in [3.63, 3.8) is 0 Å². The standard InChI is InChI=1S/C26H26N2O4/c1-4-15-5-7-16(8-6-15)24-23-14(2)28-32-26(23)27-19-11-18(12-21(30)25(19)24)17-9-10-20(29)22(13-17)31-3/h5-10,13,18,24,27,29H,4,11-12H2,1-3H3/t18-,24+/m0/s1. The lowest BCUT2D eigenvalue weighted by atomic mass is 9.72. The van der Waals surface area contributed by atoms with Crippen molar-refractivity contribution in [2.75, 3.05) is 12.4 Å². The van der Waals surface area contributed by atoms with Gasteiger partial charge < -0.3 is 19.7 Å². The number of fused-ring (bicyclic) bond motifs is 1. The van der Waals surface area contributed by atoms with E-state index in [0.29, 0.717) is 24.5 Å². The van der Waals surface area contributed by atoms with E-state index in [4.69, 9.17) is 9.26 Å². The first kappa shape index (κ1) is 20.4. The molecule has 0 radical (unpaired) electrons. The predicted octanol–water partition coefficient (Wildman–Crippen LogP) is 5.22. The summed E-state index contributed by atoms with van der Waals surface area (Å²) in [7, 11) is 1.52. The van der Waals surface area contributed by atoms with Crippen molar-refractivity contribution in [3.8, 4) is 11.5 Å². The quantitative estimate of drug-likeness (QED) is 0.591. The number of Topliss-reactive ketones (excluding diaryl/α,β-unsaturated/α-hetero) is 1. The van der Waals surface area contributed by atoms with E-state index in [1.165, 1.54) is 12.7 Å². The minimum Gasteiger partial charge on any atom is -0.504 e. The Bertz CT molecular complexity index is 1220. The van der Waals surface area contributed by atoms with Crippen molar-refractivity contribution in [2.45, 2.75) is 44.9 Å². The second-order valence-corrected chi connectivity index (χ2v) is 8.52. The van der Waals surface area contributed by atoms with Crippen LogP contribution in [0.3, 0.4) is 0 Å². The first-order chi connectivity index (χ1) is 15.5. The van der Waals surface area contributed by atoms with Crippen LogP contribution in [0.5, 0.6) is 11.5 Å². The molecule has 0 saturated carbocycles. The number of hydrogen-bond acceptors (Lipinski definition) is 6. The molecule has 164 valence electrons. The van der Waals surface area contributed by atoms with Crippen LogP contribution in [0.1, 0.15) is 59.5 Å². The molecule has 2 atom stereocenters. The van der Waals surface area contributed by atoms with Gasteiger partial charge in [0.25, 0.3) is 0 Å². The van der Waals surface area contributed by atoms with E-state index in [9.17, 15) is 9.90 Å². The minimum atomic E-state index is -0.193. The smallest absolute Gasteiger partial charge is 0.233 e. The largest absolute Gasteiger partial charge is 0.504 e. The number of hydrogen-bond donors (Lipinski definition) is 2. The molecule has 2 aliphatic rings. The number of allylic oxidation sites excluding steroid dienone is 2. The molecule has 5 rings (SSSR count). The highest BCUT2D eigenvalue weighted by molar-refractivity contribution is 6.01. The first-order valence-corrected chi connectivity index (χ1v) is 10.9. The van der Waals surface area contributed by atoms with Gasteiger partial charge in [-0.05, 0) is 54.5 Å². The number of ether oxygens (including phenoxy) is 1. The van der Waals surface area contributed by atoms with Crippen molar-refractivity contribution in [1.82, 2.24) is 5.16 Å². The molecule has 6 nitrogen and oxygen atoms in total. The molecular formula is C26H26N2O4. The number of benzene rings is 2. The lowest BCUT2D eigenvalue weighted by Crippen LogP contribution is -2.29. The number of phenols is 1. The van der Waals surface area contributed by atoms with Crippen LogP contribution in [0.2, 0.25) is 0 Å². The molecule has 32 heavy (non-hydrogen) atoms. The number of ketones is 1. The Hall–Kier alpha value is -3.54. The number of phenolic OH excluding ortho intramolecular Hbond substituents is 1. The number of aromatic hydroxyl groups is 1. The molecule has 1 aliphatic heterocycles. The zero-order valence-corrected chi connectivity index (χ0v) is 18.4. The molecule has 3 aromatic rings. The van der Waals surface area contributed by atoms with Gasteiger partial charge in [0.1, 0.15) is 0 Å². The summed E-state index contributed by atoms with van der Waals surface area (Å²) in [5.74, 6) is 1.02. The summed E-state index contributed by atoms with van der Waals surface area (Å²) in [4.78, 5) is 13.6. The number of carbonyl (C=O) groups is 1. The molecule has 0 saturated heterocycles. The van der Waals surface area contributed by atoms with E-state index in [1.807, 2.05) is 19.1 Å². The third kappa shape index (κ3) is 3.27. The maximum Gasteiger partial charge on any atom is 0.233 e. The summed E-state index contributed by atoms with van der Waals surface area (Å²) < 4.78 is 10.9. The van der Waals surface area contributed by atoms with E-state index in [0.717, 1.165) is 40.1 Å². The highest BCUT2D eigenvalue weighted by atomic mass is 16.5. The zero-order chi connectivity index (χ0) is 22.4. The van der Waals surface area contributed by atoms with Crippen molar-refractivity contribution in [3.05, 3.63) is 81.7 Å². The normalized spacial score (nSPS) is 19.9. The van der Waals surface area contributed by atoms with E-state index >= 15 is 0 Å². The SMILES string of the molecule is CCc1ccc([C@H]2C3=C(C[C@H](c4ccc(O)c(OC)c4)CC3=O)Nc3onc(C)c32)cc1. The number of nitrogens with one attached hydrogen (secondary N) is 1. The molecule has 0 bridgehead atoms. The van der Waals surface area contributed by atoms with Gasteiger partial charge in [0.15, 0.2) is 17.3 Å². The molecule has 2 heterocycles. The number of nitrogens with zero attached hydrogens (tertiary/aromatic N) is 1. The van der Waals surface area contributed by atoms with E-state index in [2.05, 4.69) is 41.7 Å². The zero-order valence-electron chi connectivity index (χ0n) is 18.4. The summed E-state index contributed by atoms with van der Waals surface area (Å²) in [5.41, 5.74) is 6.71. The molecule has 2 aromatic carbocycles. The average molecular weight is 431 g/mol. The van der Waals surface area contributed by atoms with Crippen LogP contribution in [0.4, 0.5) is 5.88 Å². The van der Waals surface area contributed by atoms with E-state index in [1.54, 1.807) is 6.07 Å². The summed E-state index contributed by atoms with van der Waals surface area (Å²) in [6, 6.07) is 13.8. The van der Waals surface area contributed by atoms with E-state index in [-0.39, 0.29) is 23.4 Å². The molecule has 1 aromatic heterocycles. The van der Waals surface area contributed by atoms with Crippen molar-refractivity contribution in [2.24, 2.45) is 0 Å². The van der Waals surface area contributed by atoms with Gasteiger partial charge in [0, 0.05) is 23.6 Å². The van der Waals surface area contributed by atoms with Gasteiger partial charge >= 0.3 is 0 Å². The Labute approximate surface area is 186 Å². The summed E-state index contributed by atoms with van der Waals surface area (Å²) in [6.07, 6.45) is 2.03. The Morgan fingerprint density at radius 3 is 2.62 bits per heavy atom. The van der Waals surface area contributed by atoms with Gasteiger partial charge in [-0.15, -0.1) is 0 Å². The number of methoxy groups -OCH3 is 1. The van der Waals surface area contributed by atoms with E-state index < -0.39 is 0 Å². The second kappa shape index (κ2) is 7.86. The molecule has 2 N–H and O–H groups in total. The van der Waals surface area contributed by atoms with Gasteiger partial charge in [-0.1, -0.05) is 42.4 Å². The fraction of sp³-hybridized carbons (Fsp3) is 0.308. The lowest BCUT2D eigenvalue weighted by Gasteiger charge is -2.34. The van der Waals surface area contributed by atoms with Crippen LogP contribution in [0, 0.1) is 6.92 Å². The number of aromatic nitrogens is 1. The monoisotopic (exact) mass is 430 g/mol. The summed E-state index contributed by atoms with van der Waals surface area (Å²) in [6.45, 7) is 4.05. The molecule has 0 spiro atoms. The second-order valence-electron chi connectivity index (χ2n) is 8.52. The maximum absolute atomic E-state index is 13.6.